The van der Waals surface area contributed by atoms with Crippen molar-refractivity contribution in [3.05, 3.63) is 59.1 Å². The van der Waals surface area contributed by atoms with Crippen LogP contribution in [-0.2, 0) is 9.59 Å². The standard InChI is InChI=1S/C22H24ClN3O4/c1-15(30-20-8-6-18(23)7-9-20)21(28)25-10-12-26(13-11-25)22(29)17-4-3-5-19(14-17)24-16(2)27/h3-9,14-15H,10-13H2,1-2H3,(H,24,27). The lowest BCUT2D eigenvalue weighted by atomic mass is 10.1. The molecule has 1 atom stereocenters. The number of halogens is 1. The van der Waals surface area contributed by atoms with E-state index in [-0.39, 0.29) is 17.7 Å². The number of piperazine rings is 1. The van der Waals surface area contributed by atoms with Crippen LogP contribution in [-0.4, -0.2) is 59.8 Å². The number of amides is 3. The number of carbonyl (C=O) groups is 3. The Kier molecular flexibility index (Phi) is 6.95. The molecule has 1 N–H and O–H groups in total. The topological polar surface area (TPSA) is 79.0 Å². The van der Waals surface area contributed by atoms with E-state index in [1.165, 1.54) is 6.92 Å². The number of nitrogens with one attached hydrogen (secondary N) is 1. The van der Waals surface area contributed by atoms with Gasteiger partial charge in [-0.05, 0) is 49.4 Å². The van der Waals surface area contributed by atoms with Gasteiger partial charge in [-0.15, -0.1) is 0 Å². The summed E-state index contributed by atoms with van der Waals surface area (Å²) < 4.78 is 5.71. The lowest BCUT2D eigenvalue weighted by Crippen LogP contribution is -2.53. The third-order valence-electron chi connectivity index (χ3n) is 4.78. The molecule has 7 nitrogen and oxygen atoms in total. The summed E-state index contributed by atoms with van der Waals surface area (Å²) in [6, 6.07) is 13.7. The normalized spacial score (nSPS) is 14.8. The first-order valence-corrected chi connectivity index (χ1v) is 10.1. The molecule has 2 aromatic rings. The third-order valence-corrected chi connectivity index (χ3v) is 5.03. The molecule has 158 valence electrons. The van der Waals surface area contributed by atoms with Crippen LogP contribution in [0.5, 0.6) is 5.75 Å². The maximum Gasteiger partial charge on any atom is 0.263 e. The molecule has 1 fully saturated rings. The molecule has 3 rings (SSSR count). The molecule has 0 radical (unpaired) electrons. The van der Waals surface area contributed by atoms with Gasteiger partial charge in [0.05, 0.1) is 0 Å². The molecule has 0 bridgehead atoms. The van der Waals surface area contributed by atoms with Crippen molar-refractivity contribution < 1.29 is 19.1 Å². The van der Waals surface area contributed by atoms with E-state index in [2.05, 4.69) is 5.32 Å². The number of carbonyl (C=O) groups excluding carboxylic acids is 3. The molecule has 0 spiro atoms. The van der Waals surface area contributed by atoms with Gasteiger partial charge >= 0.3 is 0 Å². The van der Waals surface area contributed by atoms with Crippen LogP contribution in [0, 0.1) is 0 Å². The molecule has 2 aromatic carbocycles. The summed E-state index contributed by atoms with van der Waals surface area (Å²) in [6.45, 7) is 4.87. The highest BCUT2D eigenvalue weighted by molar-refractivity contribution is 6.30. The maximum atomic E-state index is 12.8. The number of hydrogen-bond acceptors (Lipinski definition) is 4. The summed E-state index contributed by atoms with van der Waals surface area (Å²) in [7, 11) is 0. The van der Waals surface area contributed by atoms with E-state index in [4.69, 9.17) is 16.3 Å². The van der Waals surface area contributed by atoms with Gasteiger partial charge in [0.1, 0.15) is 5.75 Å². The zero-order valence-corrected chi connectivity index (χ0v) is 17.7. The van der Waals surface area contributed by atoms with Crippen LogP contribution in [0.25, 0.3) is 0 Å². The van der Waals surface area contributed by atoms with E-state index < -0.39 is 6.10 Å². The minimum absolute atomic E-state index is 0.121. The van der Waals surface area contributed by atoms with Gasteiger partial charge in [0.15, 0.2) is 6.10 Å². The average molecular weight is 430 g/mol. The Hall–Kier alpha value is -3.06. The Balaban J connectivity index is 1.54. The smallest absolute Gasteiger partial charge is 0.263 e. The minimum Gasteiger partial charge on any atom is -0.481 e. The van der Waals surface area contributed by atoms with Crippen molar-refractivity contribution >= 4 is 35.0 Å². The predicted octanol–water partition coefficient (Wildman–Crippen LogP) is 3.05. The molecule has 0 aliphatic carbocycles. The molecule has 3 amide bonds. The number of nitrogens with zero attached hydrogens (tertiary/aromatic N) is 2. The van der Waals surface area contributed by atoms with Gasteiger partial charge < -0.3 is 19.9 Å². The second kappa shape index (κ2) is 9.63. The zero-order valence-electron chi connectivity index (χ0n) is 16.9. The summed E-state index contributed by atoms with van der Waals surface area (Å²) in [6.07, 6.45) is -0.636. The minimum atomic E-state index is -0.636. The first-order chi connectivity index (χ1) is 14.3. The summed E-state index contributed by atoms with van der Waals surface area (Å²) in [5.41, 5.74) is 1.08. The zero-order chi connectivity index (χ0) is 21.7. The van der Waals surface area contributed by atoms with Gasteiger partial charge in [0.2, 0.25) is 5.91 Å². The first kappa shape index (κ1) is 21.6. The van der Waals surface area contributed by atoms with Crippen molar-refractivity contribution in [1.29, 1.82) is 0 Å². The Morgan fingerprint density at radius 3 is 2.27 bits per heavy atom. The molecular formula is C22H24ClN3O4. The van der Waals surface area contributed by atoms with Crippen LogP contribution in [0.15, 0.2) is 48.5 Å². The van der Waals surface area contributed by atoms with Crippen LogP contribution in [0.4, 0.5) is 5.69 Å². The maximum absolute atomic E-state index is 12.8. The molecule has 0 aromatic heterocycles. The highest BCUT2D eigenvalue weighted by Gasteiger charge is 2.28. The van der Waals surface area contributed by atoms with Crippen molar-refractivity contribution in [2.45, 2.75) is 20.0 Å². The van der Waals surface area contributed by atoms with Crippen molar-refractivity contribution in [1.82, 2.24) is 9.80 Å². The summed E-state index contributed by atoms with van der Waals surface area (Å²) >= 11 is 5.87. The van der Waals surface area contributed by atoms with Crippen LogP contribution in [0.3, 0.4) is 0 Å². The summed E-state index contributed by atoms with van der Waals surface area (Å²) in [5.74, 6) is 0.138. The van der Waals surface area contributed by atoms with Crippen LogP contribution in [0.1, 0.15) is 24.2 Å². The van der Waals surface area contributed by atoms with E-state index >= 15 is 0 Å². The summed E-state index contributed by atoms with van der Waals surface area (Å²) in [4.78, 5) is 40.1. The van der Waals surface area contributed by atoms with Crippen molar-refractivity contribution in [3.8, 4) is 5.75 Å². The second-order valence-corrected chi connectivity index (χ2v) is 7.53. The van der Waals surface area contributed by atoms with Gasteiger partial charge in [-0.3, -0.25) is 14.4 Å². The van der Waals surface area contributed by atoms with E-state index in [0.29, 0.717) is 48.2 Å². The Bertz CT molecular complexity index is 924. The SMILES string of the molecule is CC(=O)Nc1cccc(C(=O)N2CCN(C(=O)C(C)Oc3ccc(Cl)cc3)CC2)c1. The van der Waals surface area contributed by atoms with Crippen LogP contribution >= 0.6 is 11.6 Å². The number of anilines is 1. The molecule has 1 unspecified atom stereocenters. The molecule has 8 heteroatoms. The fourth-order valence-corrected chi connectivity index (χ4v) is 3.40. The second-order valence-electron chi connectivity index (χ2n) is 7.09. The molecular weight excluding hydrogens is 406 g/mol. The molecule has 1 aliphatic rings. The monoisotopic (exact) mass is 429 g/mol. The highest BCUT2D eigenvalue weighted by Crippen LogP contribution is 2.18. The van der Waals surface area contributed by atoms with Gasteiger partial charge in [-0.1, -0.05) is 17.7 Å². The van der Waals surface area contributed by atoms with Crippen LogP contribution < -0.4 is 10.1 Å². The van der Waals surface area contributed by atoms with Gasteiger partial charge in [0, 0.05) is 49.4 Å². The Morgan fingerprint density at radius 1 is 1.00 bits per heavy atom. The lowest BCUT2D eigenvalue weighted by molar-refractivity contribution is -0.139. The fourth-order valence-electron chi connectivity index (χ4n) is 3.27. The molecule has 1 aliphatic heterocycles. The third kappa shape index (κ3) is 5.51. The molecule has 0 saturated carbocycles. The van der Waals surface area contributed by atoms with E-state index in [0.717, 1.165) is 0 Å². The Morgan fingerprint density at radius 2 is 1.63 bits per heavy atom. The van der Waals surface area contributed by atoms with E-state index in [9.17, 15) is 14.4 Å². The van der Waals surface area contributed by atoms with E-state index in [1.54, 1.807) is 65.3 Å². The molecule has 30 heavy (non-hydrogen) atoms. The van der Waals surface area contributed by atoms with Gasteiger partial charge in [-0.25, -0.2) is 0 Å². The number of hydrogen-bond donors (Lipinski definition) is 1. The largest absolute Gasteiger partial charge is 0.481 e. The lowest BCUT2D eigenvalue weighted by Gasteiger charge is -2.36. The number of rotatable bonds is 5. The molecule has 1 heterocycles. The van der Waals surface area contributed by atoms with Crippen molar-refractivity contribution in [2.75, 3.05) is 31.5 Å². The summed E-state index contributed by atoms with van der Waals surface area (Å²) in [5, 5.41) is 3.28. The quantitative estimate of drug-likeness (QED) is 0.792. The fraction of sp³-hybridized carbons (Fsp3) is 0.318. The van der Waals surface area contributed by atoms with Crippen molar-refractivity contribution in [2.24, 2.45) is 0 Å². The van der Waals surface area contributed by atoms with Gasteiger partial charge in [0.25, 0.3) is 11.8 Å². The number of benzene rings is 2. The van der Waals surface area contributed by atoms with E-state index in [1.807, 2.05) is 0 Å². The van der Waals surface area contributed by atoms with Crippen LogP contribution in [0.2, 0.25) is 5.02 Å². The first-order valence-electron chi connectivity index (χ1n) is 9.71. The highest BCUT2D eigenvalue weighted by atomic mass is 35.5. The average Bonchev–Trinajstić information content (AvgIpc) is 2.74. The van der Waals surface area contributed by atoms with Gasteiger partial charge in [-0.2, -0.15) is 0 Å². The Labute approximate surface area is 180 Å². The predicted molar refractivity (Wildman–Crippen MR) is 115 cm³/mol. The molecule has 1 saturated heterocycles. The van der Waals surface area contributed by atoms with Crippen molar-refractivity contribution in [3.63, 3.8) is 0 Å². The number of ether oxygens (including phenoxy) is 1.